The molecule has 302 valence electrons. The topological polar surface area (TPSA) is 158 Å². The second kappa shape index (κ2) is 31.2. The zero-order chi connectivity index (χ0) is 39.9. The summed E-state index contributed by atoms with van der Waals surface area (Å²) in [6, 6.07) is 0. The fraction of sp³-hybridized carbons (Fsp3) is 0.700. The zero-order valence-electron chi connectivity index (χ0n) is 33.3. The summed E-state index contributed by atoms with van der Waals surface area (Å²) in [5, 5.41) is 0. The van der Waals surface area contributed by atoms with E-state index in [0.29, 0.717) is 12.8 Å². The van der Waals surface area contributed by atoms with Crippen molar-refractivity contribution in [3.63, 3.8) is 0 Å². The van der Waals surface area contributed by atoms with Gasteiger partial charge in [-0.25, -0.2) is 0 Å². The number of ether oxygens (including phenoxy) is 3. The van der Waals surface area contributed by atoms with Crippen LogP contribution in [0.1, 0.15) is 138 Å². The summed E-state index contributed by atoms with van der Waals surface area (Å²) in [6.45, 7) is 14.7. The van der Waals surface area contributed by atoms with E-state index < -0.39 is 55.4 Å². The quantitative estimate of drug-likeness (QED) is 0.0295. The van der Waals surface area contributed by atoms with Gasteiger partial charge in [-0.2, -0.15) is 0 Å². The predicted octanol–water partition coefficient (Wildman–Crippen LogP) is 8.30. The standard InChI is InChI=1S/3C12H20O4.C4H9.Sn/c3*1-3-5-6-10(4-2)9-16-12(15)8-7-11(13)14;1-3-4-2;/h3*7-8,10H,3-6,9H2,1-2H3,(H,13,14);1,3-4H2,2H3;/q;;;;+3/p-3. The van der Waals surface area contributed by atoms with Crippen molar-refractivity contribution in [1.29, 1.82) is 0 Å². The first kappa shape index (κ1) is 49.8. The van der Waals surface area contributed by atoms with E-state index in [1.165, 1.54) is 0 Å². The number of rotatable bonds is 30. The van der Waals surface area contributed by atoms with Crippen molar-refractivity contribution in [2.24, 2.45) is 17.8 Å². The molecule has 0 rings (SSSR count). The molecule has 0 fully saturated rings. The summed E-state index contributed by atoms with van der Waals surface area (Å²) < 4.78 is 32.6. The van der Waals surface area contributed by atoms with Gasteiger partial charge in [0.05, 0.1) is 0 Å². The van der Waals surface area contributed by atoms with Crippen molar-refractivity contribution in [2.75, 3.05) is 19.8 Å². The molecule has 0 aliphatic carbocycles. The second-order valence-electron chi connectivity index (χ2n) is 13.2. The molecule has 0 aromatic heterocycles. The zero-order valence-corrected chi connectivity index (χ0v) is 36.2. The average molecular weight is 858 g/mol. The molecule has 0 amide bonds. The van der Waals surface area contributed by atoms with E-state index in [1.807, 2.05) is 27.7 Å². The van der Waals surface area contributed by atoms with Gasteiger partial charge in [-0.05, 0) is 0 Å². The van der Waals surface area contributed by atoms with Gasteiger partial charge < -0.3 is 0 Å². The molecule has 0 spiro atoms. The van der Waals surface area contributed by atoms with Crippen LogP contribution in [0.15, 0.2) is 36.5 Å². The molecule has 0 heterocycles. The Balaban J connectivity index is 6.01. The van der Waals surface area contributed by atoms with Crippen LogP contribution in [0, 0.1) is 17.8 Å². The molecule has 0 radical (unpaired) electrons. The van der Waals surface area contributed by atoms with Crippen LogP contribution < -0.4 is 0 Å². The van der Waals surface area contributed by atoms with Gasteiger partial charge in [0.2, 0.25) is 0 Å². The number of hydrogen-bond donors (Lipinski definition) is 0. The molecule has 0 aromatic rings. The van der Waals surface area contributed by atoms with E-state index >= 15 is 0 Å². The molecule has 13 heteroatoms. The van der Waals surface area contributed by atoms with E-state index in [0.717, 1.165) is 114 Å². The van der Waals surface area contributed by atoms with Gasteiger partial charge in [-0.15, -0.1) is 0 Å². The molecule has 0 aliphatic heterocycles. The third-order valence-corrected chi connectivity index (χ3v) is 15.8. The molecule has 0 saturated heterocycles. The summed E-state index contributed by atoms with van der Waals surface area (Å²) in [4.78, 5) is 76.3. The van der Waals surface area contributed by atoms with Crippen molar-refractivity contribution >= 4 is 55.4 Å². The van der Waals surface area contributed by atoms with E-state index in [1.54, 1.807) is 0 Å². The third kappa shape index (κ3) is 25.5. The molecule has 3 unspecified atom stereocenters. The number of esters is 3. The van der Waals surface area contributed by atoms with Gasteiger partial charge >= 0.3 is 324 Å². The van der Waals surface area contributed by atoms with Crippen LogP contribution in [0.5, 0.6) is 0 Å². The molecule has 0 N–H and O–H groups in total. The summed E-state index contributed by atoms with van der Waals surface area (Å²) in [7, 11) is 0. The van der Waals surface area contributed by atoms with Gasteiger partial charge in [-0.1, -0.05) is 0 Å². The van der Waals surface area contributed by atoms with E-state index in [2.05, 4.69) is 20.8 Å². The van der Waals surface area contributed by atoms with Gasteiger partial charge in [0, 0.05) is 0 Å². The van der Waals surface area contributed by atoms with Crippen molar-refractivity contribution in [1.82, 2.24) is 0 Å². The fourth-order valence-electron chi connectivity index (χ4n) is 5.02. The molecule has 0 aromatic carbocycles. The van der Waals surface area contributed by atoms with Crippen LogP contribution >= 0.6 is 0 Å². The van der Waals surface area contributed by atoms with Crippen LogP contribution in [0.3, 0.4) is 0 Å². The summed E-state index contributed by atoms with van der Waals surface area (Å²) >= 11 is -5.54. The Morgan fingerprint density at radius 1 is 0.415 bits per heavy atom. The van der Waals surface area contributed by atoms with Gasteiger partial charge in [-0.3, -0.25) is 0 Å². The predicted molar refractivity (Wildman–Crippen MR) is 204 cm³/mol. The molecule has 0 bridgehead atoms. The van der Waals surface area contributed by atoms with E-state index in [9.17, 15) is 28.8 Å². The van der Waals surface area contributed by atoms with Crippen molar-refractivity contribution in [3.8, 4) is 0 Å². The maximum atomic E-state index is 13.0. The molecule has 3 atom stereocenters. The first-order valence-electron chi connectivity index (χ1n) is 19.6. The Labute approximate surface area is 323 Å². The first-order chi connectivity index (χ1) is 25.4. The molecule has 12 nitrogen and oxygen atoms in total. The Morgan fingerprint density at radius 3 is 0.925 bits per heavy atom. The average Bonchev–Trinajstić information content (AvgIpc) is 3.14. The van der Waals surface area contributed by atoms with Gasteiger partial charge in [0.15, 0.2) is 0 Å². The van der Waals surface area contributed by atoms with Crippen LogP contribution in [0.25, 0.3) is 0 Å². The fourth-order valence-corrected chi connectivity index (χ4v) is 11.7. The Hall–Kier alpha value is -3.16. The summed E-state index contributed by atoms with van der Waals surface area (Å²) in [5.74, 6) is -4.98. The minimum atomic E-state index is -5.54. The Morgan fingerprint density at radius 2 is 0.679 bits per heavy atom. The number of unbranched alkanes of at least 4 members (excludes halogenated alkanes) is 4. The molecule has 53 heavy (non-hydrogen) atoms. The second-order valence-corrected chi connectivity index (χ2v) is 20.3. The van der Waals surface area contributed by atoms with Crippen molar-refractivity contribution in [3.05, 3.63) is 36.5 Å². The van der Waals surface area contributed by atoms with Crippen LogP contribution in [0.4, 0.5) is 0 Å². The van der Waals surface area contributed by atoms with Crippen LogP contribution in [-0.2, 0) is 52.2 Å². The molecule has 0 saturated carbocycles. The summed E-state index contributed by atoms with van der Waals surface area (Å²) in [6.07, 6.45) is 17.4. The monoisotopic (exact) mass is 858 g/mol. The summed E-state index contributed by atoms with van der Waals surface area (Å²) in [5.41, 5.74) is 0. The molecule has 0 aliphatic rings. The van der Waals surface area contributed by atoms with Gasteiger partial charge in [0.1, 0.15) is 0 Å². The van der Waals surface area contributed by atoms with Crippen LogP contribution in [0.2, 0.25) is 4.44 Å². The van der Waals surface area contributed by atoms with Crippen molar-refractivity contribution < 1.29 is 52.2 Å². The Bertz CT molecular complexity index is 1040. The number of hydrogen-bond acceptors (Lipinski definition) is 12. The number of carbonyl (C=O) groups excluding carboxylic acids is 6. The van der Waals surface area contributed by atoms with E-state index in [4.69, 9.17) is 23.4 Å². The minimum absolute atomic E-state index is 0.0932. The third-order valence-electron chi connectivity index (χ3n) is 8.69. The molecular formula is C40H66O12Sn. The SMILES string of the molecule is CCCCC(CC)COC(=O)C=CC(=O)[O][Sn]([CH2]CCC)([O]C(=O)C=CC(=O)OCC(CC)CCCC)[O]C(=O)C=CC(=O)OCC(CC)CCCC. The van der Waals surface area contributed by atoms with E-state index in [-0.39, 0.29) is 42.0 Å². The number of carbonyl (C=O) groups is 6. The Kier molecular flexibility index (Phi) is 29.4. The van der Waals surface area contributed by atoms with Gasteiger partial charge in [0.25, 0.3) is 0 Å². The maximum absolute atomic E-state index is 13.0. The molecular weight excluding hydrogens is 791 g/mol. The van der Waals surface area contributed by atoms with Crippen molar-refractivity contribution in [2.45, 2.75) is 143 Å². The normalized spacial score (nSPS) is 14.3. The first-order valence-corrected chi connectivity index (χ1v) is 25.2. The van der Waals surface area contributed by atoms with Crippen LogP contribution in [-0.4, -0.2) is 75.3 Å².